The van der Waals surface area contributed by atoms with Crippen molar-refractivity contribution in [3.63, 3.8) is 0 Å². The fourth-order valence-corrected chi connectivity index (χ4v) is 5.00. The highest BCUT2D eigenvalue weighted by Gasteiger charge is 2.49. The zero-order chi connectivity index (χ0) is 29.5. The molecule has 2 aromatic rings. The number of hydrogen-bond donors (Lipinski definition) is 0. The van der Waals surface area contributed by atoms with Gasteiger partial charge in [-0.25, -0.2) is 14.5 Å². The van der Waals surface area contributed by atoms with E-state index in [9.17, 15) is 42.9 Å². The number of anilines is 1. The van der Waals surface area contributed by atoms with E-state index in [2.05, 4.69) is 0 Å². The summed E-state index contributed by atoms with van der Waals surface area (Å²) < 4.78 is 46.0. The first kappa shape index (κ1) is 27.3. The molecule has 3 amide bonds. The van der Waals surface area contributed by atoms with E-state index in [4.69, 9.17) is 4.74 Å². The molecule has 2 aliphatic carbocycles. The molecular weight excluding hydrogens is 545 g/mol. The predicted molar refractivity (Wildman–Crippen MR) is 135 cm³/mol. The zero-order valence-electron chi connectivity index (χ0n) is 21.1. The van der Waals surface area contributed by atoms with Gasteiger partial charge in [0.15, 0.2) is 5.78 Å². The fraction of sp³-hybridized carbons (Fsp3) is 0.214. The van der Waals surface area contributed by atoms with Gasteiger partial charge >= 0.3 is 18.3 Å². The Labute approximate surface area is 230 Å². The largest absolute Gasteiger partial charge is 0.424 e. The number of Topliss-reactive ketones (excluding diaryl/α,β-unsaturated/α-hetero) is 1. The maximum atomic E-state index is 14.0. The van der Waals surface area contributed by atoms with Crippen LogP contribution in [-0.4, -0.2) is 27.7 Å². The lowest BCUT2D eigenvalue weighted by atomic mass is 9.92. The number of imide groups is 1. The lowest BCUT2D eigenvalue weighted by Crippen LogP contribution is -2.52. The van der Waals surface area contributed by atoms with Crippen LogP contribution in [0.5, 0.6) is 0 Å². The third kappa shape index (κ3) is 5.07. The second-order valence-corrected chi connectivity index (χ2v) is 9.37. The Morgan fingerprint density at radius 3 is 2.39 bits per heavy atom. The smallest absolute Gasteiger partial charge is 0.414 e. The van der Waals surface area contributed by atoms with E-state index < -0.39 is 40.6 Å². The number of carbonyl (C=O) groups excluding carboxylic acids is 3. The minimum Gasteiger partial charge on any atom is -0.414 e. The molecule has 1 atom stereocenters. The quantitative estimate of drug-likeness (QED) is 0.321. The van der Waals surface area contributed by atoms with Crippen LogP contribution in [0.3, 0.4) is 0 Å². The molecule has 0 fully saturated rings. The topological polar surface area (TPSA) is 134 Å². The highest BCUT2D eigenvalue weighted by molar-refractivity contribution is 6.12. The predicted octanol–water partition coefficient (Wildman–Crippen LogP) is 6.15. The average molecular weight is 564 g/mol. The van der Waals surface area contributed by atoms with Crippen LogP contribution in [0.15, 0.2) is 83.4 Å². The molecule has 41 heavy (non-hydrogen) atoms. The highest BCUT2D eigenvalue weighted by Crippen LogP contribution is 2.46. The van der Waals surface area contributed by atoms with Crippen LogP contribution in [0.25, 0.3) is 0 Å². The number of hydrogen-bond acceptors (Lipinski definition) is 7. The van der Waals surface area contributed by atoms with Crippen molar-refractivity contribution in [3.8, 4) is 6.07 Å². The molecule has 0 saturated carbocycles. The number of carbonyl (C=O) groups is 3. The summed E-state index contributed by atoms with van der Waals surface area (Å²) in [6.45, 7) is 0. The number of nitrogens with zero attached hydrogens (tertiary/aromatic N) is 4. The summed E-state index contributed by atoms with van der Waals surface area (Å²) in [6.07, 6.45) is -3.61. The van der Waals surface area contributed by atoms with Crippen LogP contribution in [0, 0.1) is 21.4 Å². The van der Waals surface area contributed by atoms with Crippen molar-refractivity contribution in [1.82, 2.24) is 4.90 Å². The van der Waals surface area contributed by atoms with Gasteiger partial charge in [-0.05, 0) is 48.4 Å². The number of benzene rings is 2. The number of ketones is 1. The van der Waals surface area contributed by atoms with Crippen molar-refractivity contribution < 1.29 is 37.2 Å². The normalized spacial score (nSPS) is 18.9. The van der Waals surface area contributed by atoms with Gasteiger partial charge in [-0.15, -0.1) is 0 Å². The van der Waals surface area contributed by atoms with Crippen molar-refractivity contribution in [3.05, 3.63) is 110 Å². The SMILES string of the molecule is N#Cc1ccc(C2C3=C(CCC3=O)N(c3cccc(C(F)(F)F)c3)C(=O)N2C(=O)OC2=CC=C([N+](=O)[O-])CC2)cc1. The van der Waals surface area contributed by atoms with Crippen LogP contribution < -0.4 is 4.90 Å². The number of alkyl halides is 3. The number of urea groups is 1. The summed E-state index contributed by atoms with van der Waals surface area (Å²) in [5.41, 5.74) is -0.546. The number of rotatable bonds is 4. The Kier molecular flexibility index (Phi) is 6.92. The van der Waals surface area contributed by atoms with Crippen LogP contribution in [0.4, 0.5) is 28.4 Å². The van der Waals surface area contributed by atoms with Crippen LogP contribution in [0.2, 0.25) is 0 Å². The number of allylic oxidation sites excluding steroid dienone is 5. The van der Waals surface area contributed by atoms with Gasteiger partial charge in [0.05, 0.1) is 27.8 Å². The first-order valence-electron chi connectivity index (χ1n) is 12.3. The van der Waals surface area contributed by atoms with E-state index in [-0.39, 0.29) is 59.7 Å². The van der Waals surface area contributed by atoms with E-state index >= 15 is 0 Å². The standard InChI is InChI=1S/C28H19F3N4O6/c29-28(30,31)18-2-1-3-20(14-18)33-22-12-13-23(36)24(22)25(17-6-4-16(15-32)5-7-17)34(26(33)37)27(38)41-21-10-8-19(9-11-21)35(39)40/h1-8,10,14,25H,9,11-13H2. The van der Waals surface area contributed by atoms with E-state index in [1.807, 2.05) is 6.07 Å². The first-order chi connectivity index (χ1) is 19.5. The van der Waals surface area contributed by atoms with E-state index in [0.717, 1.165) is 29.2 Å². The Morgan fingerprint density at radius 1 is 1.05 bits per heavy atom. The fourth-order valence-electron chi connectivity index (χ4n) is 5.00. The molecule has 1 heterocycles. The lowest BCUT2D eigenvalue weighted by molar-refractivity contribution is -0.428. The summed E-state index contributed by atoms with van der Waals surface area (Å²) in [7, 11) is 0. The van der Waals surface area contributed by atoms with Gasteiger partial charge in [0, 0.05) is 36.6 Å². The molecule has 13 heteroatoms. The summed E-state index contributed by atoms with van der Waals surface area (Å²) in [5.74, 6) is -0.387. The molecular formula is C28H19F3N4O6. The number of nitriles is 1. The molecule has 10 nitrogen and oxygen atoms in total. The average Bonchev–Trinajstić information content (AvgIpc) is 3.32. The number of halogens is 3. The van der Waals surface area contributed by atoms with Crippen molar-refractivity contribution >= 4 is 23.6 Å². The second kappa shape index (κ2) is 10.4. The molecule has 3 aliphatic rings. The maximum Gasteiger partial charge on any atom is 0.424 e. The minimum absolute atomic E-state index is 0.0215. The van der Waals surface area contributed by atoms with Crippen LogP contribution >= 0.6 is 0 Å². The van der Waals surface area contributed by atoms with Crippen molar-refractivity contribution in [1.29, 1.82) is 5.26 Å². The molecule has 2 aromatic carbocycles. The van der Waals surface area contributed by atoms with Crippen LogP contribution in [0.1, 0.15) is 48.4 Å². The molecule has 1 unspecified atom stereocenters. The highest BCUT2D eigenvalue weighted by atomic mass is 19.4. The van der Waals surface area contributed by atoms with Gasteiger partial charge in [0.25, 0.3) is 0 Å². The van der Waals surface area contributed by atoms with Gasteiger partial charge in [-0.3, -0.25) is 19.8 Å². The molecule has 5 rings (SSSR count). The Balaban J connectivity index is 1.63. The molecule has 208 valence electrons. The molecule has 1 aliphatic heterocycles. The third-order valence-electron chi connectivity index (χ3n) is 6.93. The molecule has 0 spiro atoms. The maximum absolute atomic E-state index is 14.0. The molecule has 0 radical (unpaired) electrons. The van der Waals surface area contributed by atoms with Crippen molar-refractivity contribution in [2.45, 2.75) is 37.9 Å². The van der Waals surface area contributed by atoms with Gasteiger partial charge in [0.1, 0.15) is 11.8 Å². The number of amides is 3. The Hall–Kier alpha value is -5.25. The summed E-state index contributed by atoms with van der Waals surface area (Å²) in [6, 6.07) is 9.41. The van der Waals surface area contributed by atoms with E-state index in [1.165, 1.54) is 36.4 Å². The molecule has 0 bridgehead atoms. The molecule has 0 saturated heterocycles. The van der Waals surface area contributed by atoms with Crippen molar-refractivity contribution in [2.24, 2.45) is 0 Å². The number of nitro groups is 1. The van der Waals surface area contributed by atoms with Gasteiger partial charge < -0.3 is 4.74 Å². The Morgan fingerprint density at radius 2 is 1.78 bits per heavy atom. The van der Waals surface area contributed by atoms with E-state index in [1.54, 1.807) is 0 Å². The van der Waals surface area contributed by atoms with Gasteiger partial charge in [0.2, 0.25) is 5.70 Å². The lowest BCUT2D eigenvalue weighted by Gasteiger charge is -2.40. The van der Waals surface area contributed by atoms with Gasteiger partial charge in [-0.1, -0.05) is 18.2 Å². The van der Waals surface area contributed by atoms with Crippen molar-refractivity contribution in [2.75, 3.05) is 4.90 Å². The number of ether oxygens (including phenoxy) is 1. The summed E-state index contributed by atoms with van der Waals surface area (Å²) >= 11 is 0. The first-order valence-corrected chi connectivity index (χ1v) is 12.3. The monoisotopic (exact) mass is 564 g/mol. The van der Waals surface area contributed by atoms with Crippen LogP contribution in [-0.2, 0) is 15.7 Å². The summed E-state index contributed by atoms with van der Waals surface area (Å²) in [5, 5.41) is 20.2. The minimum atomic E-state index is -4.72. The summed E-state index contributed by atoms with van der Waals surface area (Å²) in [4.78, 5) is 52.8. The molecule has 0 N–H and O–H groups in total. The van der Waals surface area contributed by atoms with Gasteiger partial charge in [-0.2, -0.15) is 18.4 Å². The Bertz CT molecular complexity index is 1620. The third-order valence-corrected chi connectivity index (χ3v) is 6.93. The zero-order valence-corrected chi connectivity index (χ0v) is 21.1. The van der Waals surface area contributed by atoms with E-state index in [0.29, 0.717) is 10.5 Å². The molecule has 0 aromatic heterocycles. The second-order valence-electron chi connectivity index (χ2n) is 9.37.